The van der Waals surface area contributed by atoms with Gasteiger partial charge < -0.3 is 15.2 Å². The molecule has 204 valence electrons. The van der Waals surface area contributed by atoms with Gasteiger partial charge in [-0.1, -0.05) is 77.1 Å². The van der Waals surface area contributed by atoms with E-state index < -0.39 is 34.0 Å². The summed E-state index contributed by atoms with van der Waals surface area (Å²) in [6.45, 7) is 9.31. The number of hydrogen-bond donors (Lipinski definition) is 2. The molecule has 3 rings (SSSR count). The molecule has 1 aliphatic heterocycles. The van der Waals surface area contributed by atoms with Crippen LogP contribution in [0.1, 0.15) is 52.2 Å². The number of sulfonamides is 1. The van der Waals surface area contributed by atoms with Crippen LogP contribution in [0, 0.1) is 0 Å². The zero-order valence-electron chi connectivity index (χ0n) is 22.1. The lowest BCUT2D eigenvalue weighted by Gasteiger charge is -2.23. The summed E-state index contributed by atoms with van der Waals surface area (Å²) in [5, 5.41) is 12.1. The summed E-state index contributed by atoms with van der Waals surface area (Å²) in [6, 6.07) is 12.1. The number of carbonyl (C=O) groups is 3. The highest BCUT2D eigenvalue weighted by molar-refractivity contribution is 7.89. The van der Waals surface area contributed by atoms with E-state index in [0.717, 1.165) is 9.87 Å². The summed E-state index contributed by atoms with van der Waals surface area (Å²) >= 11 is 0. The molecule has 1 amide bonds. The lowest BCUT2D eigenvalue weighted by Crippen LogP contribution is -2.52. The summed E-state index contributed by atoms with van der Waals surface area (Å²) in [5.41, 5.74) is 1.48. The summed E-state index contributed by atoms with van der Waals surface area (Å²) in [5.74, 6) is -1.89. The van der Waals surface area contributed by atoms with Gasteiger partial charge in [0, 0.05) is 19.3 Å². The van der Waals surface area contributed by atoms with Crippen molar-refractivity contribution >= 4 is 27.7 Å². The maximum atomic E-state index is 12.9. The standard InChI is InChI=1S/C23H26N2O7S.2C2H6/c1-2-18(26)12-16-8-10-17(11-9-16)13-20(23(28)29)24-22(27)21-14-32-15-25(21)33(30,31)19-6-4-3-5-7-19;2*1-2/h3-11,20-21H,2,12-15H2,1H3,(H,24,27)(H,28,29);2*1-2H3. The molecule has 37 heavy (non-hydrogen) atoms. The van der Waals surface area contributed by atoms with Crippen molar-refractivity contribution in [1.29, 1.82) is 0 Å². The number of nitrogens with one attached hydrogen (secondary N) is 1. The molecule has 9 nitrogen and oxygen atoms in total. The molecule has 0 spiro atoms. The number of carboxylic acid groups (broad SMARTS) is 1. The summed E-state index contributed by atoms with van der Waals surface area (Å²) < 4.78 is 32.0. The van der Waals surface area contributed by atoms with Gasteiger partial charge in [-0.25, -0.2) is 13.2 Å². The van der Waals surface area contributed by atoms with Crippen molar-refractivity contribution in [2.75, 3.05) is 13.3 Å². The normalized spacial score (nSPS) is 15.9. The molecule has 0 aliphatic carbocycles. The molecular weight excluding hydrogens is 496 g/mol. The number of nitrogens with zero attached hydrogens (tertiary/aromatic N) is 1. The highest BCUT2D eigenvalue weighted by Gasteiger charge is 2.41. The molecule has 2 aromatic rings. The number of hydrogen-bond acceptors (Lipinski definition) is 6. The van der Waals surface area contributed by atoms with Crippen molar-refractivity contribution in [2.45, 2.75) is 70.9 Å². The number of carboxylic acids is 1. The molecular formula is C27H38N2O7S. The van der Waals surface area contributed by atoms with Crippen LogP contribution in [0.5, 0.6) is 0 Å². The summed E-state index contributed by atoms with van der Waals surface area (Å²) in [4.78, 5) is 36.2. The predicted octanol–water partition coefficient (Wildman–Crippen LogP) is 3.42. The molecule has 2 atom stereocenters. The van der Waals surface area contributed by atoms with Crippen LogP contribution < -0.4 is 5.32 Å². The van der Waals surface area contributed by atoms with E-state index in [1.165, 1.54) is 12.1 Å². The second-order valence-corrected chi connectivity index (χ2v) is 9.60. The van der Waals surface area contributed by atoms with Crippen LogP contribution in [0.25, 0.3) is 0 Å². The molecule has 1 heterocycles. The Bertz CT molecular complexity index is 1100. The van der Waals surface area contributed by atoms with Gasteiger partial charge in [0.05, 0.1) is 11.5 Å². The third-order valence-electron chi connectivity index (χ3n) is 5.37. The predicted molar refractivity (Wildman–Crippen MR) is 141 cm³/mol. The van der Waals surface area contributed by atoms with Gasteiger partial charge in [0.2, 0.25) is 15.9 Å². The van der Waals surface area contributed by atoms with E-state index in [1.807, 2.05) is 27.7 Å². The second kappa shape index (κ2) is 15.9. The van der Waals surface area contributed by atoms with Crippen molar-refractivity contribution < 1.29 is 32.6 Å². The zero-order chi connectivity index (χ0) is 28.0. The zero-order valence-corrected chi connectivity index (χ0v) is 23.0. The number of amides is 1. The van der Waals surface area contributed by atoms with E-state index in [2.05, 4.69) is 5.32 Å². The molecule has 2 unspecified atom stereocenters. The number of Topliss-reactive ketones (excluding diaryl/α,β-unsaturated/α-hetero) is 1. The fourth-order valence-corrected chi connectivity index (χ4v) is 4.92. The van der Waals surface area contributed by atoms with Crippen LogP contribution in [-0.4, -0.2) is 60.9 Å². The van der Waals surface area contributed by atoms with Crippen molar-refractivity contribution in [2.24, 2.45) is 0 Å². The van der Waals surface area contributed by atoms with E-state index in [1.54, 1.807) is 49.4 Å². The minimum absolute atomic E-state index is 0.00207. The molecule has 2 aromatic carbocycles. The van der Waals surface area contributed by atoms with Crippen molar-refractivity contribution in [3.8, 4) is 0 Å². The Labute approximate surface area is 219 Å². The Balaban J connectivity index is 0.00000163. The number of carbonyl (C=O) groups excluding carboxylic acids is 2. The number of aliphatic carboxylic acids is 1. The maximum absolute atomic E-state index is 12.9. The first-order valence-electron chi connectivity index (χ1n) is 12.5. The van der Waals surface area contributed by atoms with Gasteiger partial charge >= 0.3 is 5.97 Å². The van der Waals surface area contributed by atoms with E-state index in [-0.39, 0.29) is 30.4 Å². The second-order valence-electron chi connectivity index (χ2n) is 7.71. The monoisotopic (exact) mass is 534 g/mol. The average molecular weight is 535 g/mol. The first-order valence-corrected chi connectivity index (χ1v) is 13.9. The Morgan fingerprint density at radius 1 is 1.00 bits per heavy atom. The number of rotatable bonds is 10. The van der Waals surface area contributed by atoms with Crippen LogP contribution in [0.4, 0.5) is 0 Å². The lowest BCUT2D eigenvalue weighted by atomic mass is 10.0. The van der Waals surface area contributed by atoms with Crippen LogP contribution in [0.15, 0.2) is 59.5 Å². The van der Waals surface area contributed by atoms with Gasteiger partial charge in [0.15, 0.2) is 0 Å². The van der Waals surface area contributed by atoms with Crippen molar-refractivity contribution in [3.05, 3.63) is 65.7 Å². The molecule has 0 radical (unpaired) electrons. The fourth-order valence-electron chi connectivity index (χ4n) is 3.45. The average Bonchev–Trinajstić information content (AvgIpc) is 3.43. The molecule has 0 saturated carbocycles. The molecule has 10 heteroatoms. The molecule has 0 aromatic heterocycles. The quantitative estimate of drug-likeness (QED) is 0.478. The van der Waals surface area contributed by atoms with Gasteiger partial charge in [-0.2, -0.15) is 4.31 Å². The van der Waals surface area contributed by atoms with Crippen LogP contribution in [0.3, 0.4) is 0 Å². The maximum Gasteiger partial charge on any atom is 0.326 e. The van der Waals surface area contributed by atoms with Gasteiger partial charge in [0.1, 0.15) is 24.6 Å². The Morgan fingerprint density at radius 2 is 1.57 bits per heavy atom. The van der Waals surface area contributed by atoms with E-state index in [9.17, 15) is 27.9 Å². The molecule has 1 fully saturated rings. The first kappa shape index (κ1) is 31.9. The van der Waals surface area contributed by atoms with Crippen LogP contribution in [-0.2, 0) is 42.0 Å². The minimum Gasteiger partial charge on any atom is -0.480 e. The van der Waals surface area contributed by atoms with Gasteiger partial charge in [0.25, 0.3) is 0 Å². The topological polar surface area (TPSA) is 130 Å². The Kier molecular flexibility index (Phi) is 13.7. The number of ether oxygens (including phenoxy) is 1. The molecule has 1 saturated heterocycles. The molecule has 1 aliphatic rings. The van der Waals surface area contributed by atoms with E-state index in [4.69, 9.17) is 4.74 Å². The minimum atomic E-state index is -3.99. The van der Waals surface area contributed by atoms with Gasteiger partial charge in [-0.15, -0.1) is 0 Å². The third-order valence-corrected chi connectivity index (χ3v) is 7.21. The van der Waals surface area contributed by atoms with Gasteiger partial charge in [-0.3, -0.25) is 9.59 Å². The molecule has 2 N–H and O–H groups in total. The third kappa shape index (κ3) is 9.07. The van der Waals surface area contributed by atoms with Crippen molar-refractivity contribution in [3.63, 3.8) is 0 Å². The van der Waals surface area contributed by atoms with Gasteiger partial charge in [-0.05, 0) is 23.3 Å². The highest BCUT2D eigenvalue weighted by atomic mass is 32.2. The summed E-state index contributed by atoms with van der Waals surface area (Å²) in [7, 11) is -3.99. The SMILES string of the molecule is CC.CC.CCC(=O)Cc1ccc(CC(NC(=O)C2COCN2S(=O)(=O)c2ccccc2)C(=O)O)cc1. The fraction of sp³-hybridized carbons (Fsp3) is 0.444. The Hall–Kier alpha value is -3.08. The van der Waals surface area contributed by atoms with E-state index >= 15 is 0 Å². The first-order chi connectivity index (χ1) is 17.7. The summed E-state index contributed by atoms with van der Waals surface area (Å²) in [6.07, 6.45) is 0.752. The highest BCUT2D eigenvalue weighted by Crippen LogP contribution is 2.22. The smallest absolute Gasteiger partial charge is 0.326 e. The van der Waals surface area contributed by atoms with Crippen LogP contribution >= 0.6 is 0 Å². The Morgan fingerprint density at radius 3 is 2.11 bits per heavy atom. The largest absolute Gasteiger partial charge is 0.480 e. The van der Waals surface area contributed by atoms with E-state index in [0.29, 0.717) is 18.4 Å². The van der Waals surface area contributed by atoms with Crippen molar-refractivity contribution in [1.82, 2.24) is 9.62 Å². The number of ketones is 1. The molecule has 0 bridgehead atoms. The van der Waals surface area contributed by atoms with Crippen LogP contribution in [0.2, 0.25) is 0 Å². The lowest BCUT2D eigenvalue weighted by molar-refractivity contribution is -0.142. The number of benzene rings is 2.